The fraction of sp³-hybridized carbons (Fsp3) is 0.440. The van der Waals surface area contributed by atoms with Gasteiger partial charge in [0.25, 0.3) is 0 Å². The van der Waals surface area contributed by atoms with Gasteiger partial charge in [-0.25, -0.2) is 8.42 Å². The van der Waals surface area contributed by atoms with Gasteiger partial charge in [0.1, 0.15) is 12.6 Å². The van der Waals surface area contributed by atoms with Crippen LogP contribution in [0.25, 0.3) is 0 Å². The summed E-state index contributed by atoms with van der Waals surface area (Å²) in [5, 5.41) is 3.33. The Morgan fingerprint density at radius 2 is 1.70 bits per heavy atom. The lowest BCUT2D eigenvalue weighted by Crippen LogP contribution is -2.53. The highest BCUT2D eigenvalue weighted by Crippen LogP contribution is 2.35. The normalized spacial score (nSPS) is 15.2. The summed E-state index contributed by atoms with van der Waals surface area (Å²) >= 11 is 21.9. The van der Waals surface area contributed by atoms with Crippen molar-refractivity contribution in [2.24, 2.45) is 0 Å². The van der Waals surface area contributed by atoms with Gasteiger partial charge in [0, 0.05) is 17.1 Å². The number of rotatable bonds is 9. The first-order valence-electron chi connectivity index (χ1n) is 11.8. The van der Waals surface area contributed by atoms with Crippen LogP contribution < -0.4 is 9.62 Å². The van der Waals surface area contributed by atoms with E-state index in [4.69, 9.17) is 34.8 Å². The van der Waals surface area contributed by atoms with Gasteiger partial charge in [-0.3, -0.25) is 13.9 Å². The van der Waals surface area contributed by atoms with Gasteiger partial charge >= 0.3 is 0 Å². The molecule has 0 saturated heterocycles. The van der Waals surface area contributed by atoms with E-state index < -0.39 is 28.5 Å². The first-order chi connectivity index (χ1) is 17.4. The highest BCUT2D eigenvalue weighted by atomic mass is 79.9. The van der Waals surface area contributed by atoms with Gasteiger partial charge < -0.3 is 10.2 Å². The zero-order valence-corrected chi connectivity index (χ0v) is 25.2. The predicted octanol–water partition coefficient (Wildman–Crippen LogP) is 6.04. The highest BCUT2D eigenvalue weighted by Gasteiger charge is 2.32. The molecule has 0 aliphatic heterocycles. The molecule has 0 unspecified atom stereocenters. The number of carbonyl (C=O) groups excluding carboxylic acids is 2. The second-order valence-corrected chi connectivity index (χ2v) is 13.2. The second-order valence-electron chi connectivity index (χ2n) is 9.16. The van der Waals surface area contributed by atoms with Gasteiger partial charge in [-0.2, -0.15) is 0 Å². The van der Waals surface area contributed by atoms with Gasteiger partial charge in [-0.1, -0.05) is 82.1 Å². The molecule has 1 atom stereocenters. The molecular weight excluding hydrogens is 625 g/mol. The number of benzene rings is 2. The van der Waals surface area contributed by atoms with Gasteiger partial charge in [0.2, 0.25) is 21.8 Å². The van der Waals surface area contributed by atoms with Crippen LogP contribution in [0.2, 0.25) is 15.1 Å². The molecular formula is C25H29BrCl3N3O4S. The van der Waals surface area contributed by atoms with E-state index in [1.807, 2.05) is 24.3 Å². The maximum Gasteiger partial charge on any atom is 0.244 e. The van der Waals surface area contributed by atoms with Crippen LogP contribution in [0.1, 0.15) is 44.6 Å². The Balaban J connectivity index is 1.92. The van der Waals surface area contributed by atoms with E-state index in [0.717, 1.165) is 52.7 Å². The van der Waals surface area contributed by atoms with Gasteiger partial charge in [-0.15, -0.1) is 0 Å². The fourth-order valence-electron chi connectivity index (χ4n) is 4.28. The molecule has 2 aromatic rings. The summed E-state index contributed by atoms with van der Waals surface area (Å²) in [6, 6.07) is 9.20. The third-order valence-corrected chi connectivity index (χ3v) is 8.94. The van der Waals surface area contributed by atoms with Crippen molar-refractivity contribution in [3.63, 3.8) is 0 Å². The van der Waals surface area contributed by atoms with Crippen LogP contribution in [0.4, 0.5) is 5.69 Å². The van der Waals surface area contributed by atoms with Crippen LogP contribution in [0.5, 0.6) is 0 Å². The Hall–Kier alpha value is -1.52. The summed E-state index contributed by atoms with van der Waals surface area (Å²) in [5.41, 5.74) is 0.798. The summed E-state index contributed by atoms with van der Waals surface area (Å²) in [4.78, 5) is 28.3. The molecule has 0 bridgehead atoms. The van der Waals surface area contributed by atoms with E-state index >= 15 is 0 Å². The van der Waals surface area contributed by atoms with Crippen molar-refractivity contribution in [3.8, 4) is 0 Å². The zero-order valence-electron chi connectivity index (χ0n) is 20.5. The lowest BCUT2D eigenvalue weighted by atomic mass is 9.95. The standard InChI is InChI=1S/C25H29BrCl3N3O4S/c1-16(25(34)30-19-9-4-3-5-10-19)31(14-17-7-6-8-18(26)11-17)24(33)15-32(37(2,35)36)23-13-21(28)20(27)12-22(23)29/h6-8,11-13,16,19H,3-5,9-10,14-15H2,1-2H3,(H,30,34)/t16-/m1/s1. The first-order valence-corrected chi connectivity index (χ1v) is 15.6. The molecule has 1 fully saturated rings. The molecule has 3 rings (SSSR count). The number of amides is 2. The molecule has 202 valence electrons. The molecule has 37 heavy (non-hydrogen) atoms. The zero-order chi connectivity index (χ0) is 27.3. The number of nitrogens with zero attached hydrogens (tertiary/aromatic N) is 2. The molecule has 2 aromatic carbocycles. The Bertz CT molecular complexity index is 1260. The van der Waals surface area contributed by atoms with Crippen LogP contribution >= 0.6 is 50.7 Å². The Morgan fingerprint density at radius 1 is 1.05 bits per heavy atom. The molecule has 2 amide bonds. The second kappa shape index (κ2) is 13.0. The quantitative estimate of drug-likeness (QED) is 0.335. The van der Waals surface area contributed by atoms with Gasteiger partial charge in [0.05, 0.1) is 27.0 Å². The summed E-state index contributed by atoms with van der Waals surface area (Å²) in [6.07, 6.45) is 6.01. The SMILES string of the molecule is C[C@H](C(=O)NC1CCCCC1)N(Cc1cccc(Br)c1)C(=O)CN(c1cc(Cl)c(Cl)cc1Cl)S(C)(=O)=O. The maximum absolute atomic E-state index is 13.7. The van der Waals surface area contributed by atoms with Crippen LogP contribution in [-0.2, 0) is 26.2 Å². The summed E-state index contributed by atoms with van der Waals surface area (Å²) in [5.74, 6) is -0.854. The minimum Gasteiger partial charge on any atom is -0.352 e. The van der Waals surface area contributed by atoms with Crippen molar-refractivity contribution in [2.75, 3.05) is 17.1 Å². The predicted molar refractivity (Wildman–Crippen MR) is 153 cm³/mol. The van der Waals surface area contributed by atoms with E-state index in [9.17, 15) is 18.0 Å². The van der Waals surface area contributed by atoms with E-state index in [1.165, 1.54) is 17.0 Å². The Morgan fingerprint density at radius 3 is 2.32 bits per heavy atom. The minimum atomic E-state index is -3.96. The van der Waals surface area contributed by atoms with E-state index in [2.05, 4.69) is 21.2 Å². The van der Waals surface area contributed by atoms with Gasteiger partial charge in [0.15, 0.2) is 0 Å². The monoisotopic (exact) mass is 651 g/mol. The molecule has 0 aromatic heterocycles. The number of hydrogen-bond donors (Lipinski definition) is 1. The average molecular weight is 654 g/mol. The average Bonchev–Trinajstić information content (AvgIpc) is 2.83. The maximum atomic E-state index is 13.7. The summed E-state index contributed by atoms with van der Waals surface area (Å²) < 4.78 is 27.2. The molecule has 1 saturated carbocycles. The molecule has 0 spiro atoms. The fourth-order valence-corrected chi connectivity index (χ4v) is 6.27. The number of carbonyl (C=O) groups is 2. The van der Waals surface area contributed by atoms with E-state index in [1.54, 1.807) is 6.92 Å². The highest BCUT2D eigenvalue weighted by molar-refractivity contribution is 9.10. The number of hydrogen-bond acceptors (Lipinski definition) is 4. The van der Waals surface area contributed by atoms with Crippen molar-refractivity contribution in [2.45, 2.75) is 57.7 Å². The molecule has 0 heterocycles. The lowest BCUT2D eigenvalue weighted by molar-refractivity contribution is -0.139. The Kier molecular flexibility index (Phi) is 10.6. The number of nitrogens with one attached hydrogen (secondary N) is 1. The topological polar surface area (TPSA) is 86.8 Å². The van der Waals surface area contributed by atoms with Crippen LogP contribution in [-0.4, -0.2) is 50.0 Å². The third-order valence-electron chi connectivity index (χ3n) is 6.30. The van der Waals surface area contributed by atoms with Crippen molar-refractivity contribution in [1.82, 2.24) is 10.2 Å². The molecule has 12 heteroatoms. The van der Waals surface area contributed by atoms with Crippen LogP contribution in [0, 0.1) is 0 Å². The number of sulfonamides is 1. The largest absolute Gasteiger partial charge is 0.352 e. The van der Waals surface area contributed by atoms with Crippen molar-refractivity contribution in [1.29, 1.82) is 0 Å². The van der Waals surface area contributed by atoms with Crippen LogP contribution in [0.3, 0.4) is 0 Å². The van der Waals surface area contributed by atoms with E-state index in [-0.39, 0.29) is 39.2 Å². The van der Waals surface area contributed by atoms with Crippen LogP contribution in [0.15, 0.2) is 40.9 Å². The van der Waals surface area contributed by atoms with Crippen molar-refractivity contribution in [3.05, 3.63) is 61.5 Å². The van der Waals surface area contributed by atoms with E-state index in [0.29, 0.717) is 0 Å². The molecule has 1 N–H and O–H groups in total. The lowest BCUT2D eigenvalue weighted by Gasteiger charge is -2.33. The summed E-state index contributed by atoms with van der Waals surface area (Å²) in [6.45, 7) is 1.17. The van der Waals surface area contributed by atoms with Gasteiger partial charge in [-0.05, 0) is 49.6 Å². The first kappa shape index (κ1) is 30.0. The molecule has 1 aliphatic rings. The van der Waals surface area contributed by atoms with Crippen molar-refractivity contribution < 1.29 is 18.0 Å². The summed E-state index contributed by atoms with van der Waals surface area (Å²) in [7, 11) is -3.96. The molecule has 7 nitrogen and oxygen atoms in total. The number of halogens is 4. The minimum absolute atomic E-state index is 0.0219. The van der Waals surface area contributed by atoms with Crippen molar-refractivity contribution >= 4 is 78.3 Å². The third kappa shape index (κ3) is 8.23. The molecule has 1 aliphatic carbocycles. The Labute approximate surface area is 241 Å². The number of anilines is 1. The molecule has 0 radical (unpaired) electrons. The smallest absolute Gasteiger partial charge is 0.244 e.